The molecule has 2 aromatic rings. The average Bonchev–Trinajstić information content (AvgIpc) is 2.46. The highest BCUT2D eigenvalue weighted by molar-refractivity contribution is 14.1. The van der Waals surface area contributed by atoms with Gasteiger partial charge in [-0.2, -0.15) is 0 Å². The molecule has 2 rings (SSSR count). The molecule has 0 spiro atoms. The van der Waals surface area contributed by atoms with Crippen LogP contribution >= 0.6 is 22.6 Å². The first-order valence-corrected chi connectivity index (χ1v) is 8.39. The summed E-state index contributed by atoms with van der Waals surface area (Å²) in [5, 5.41) is 13.5. The molecule has 112 valence electrons. The van der Waals surface area contributed by atoms with Gasteiger partial charge in [0.15, 0.2) is 0 Å². The molecule has 0 heterocycles. The Labute approximate surface area is 140 Å². The van der Waals surface area contributed by atoms with Gasteiger partial charge in [-0.25, -0.2) is 0 Å². The molecule has 2 nitrogen and oxygen atoms in total. The molecule has 0 aliphatic rings. The lowest BCUT2D eigenvalue weighted by Gasteiger charge is -2.14. The molecule has 0 saturated heterocycles. The van der Waals surface area contributed by atoms with Crippen molar-refractivity contribution in [2.24, 2.45) is 5.92 Å². The zero-order valence-electron chi connectivity index (χ0n) is 12.5. The molecule has 0 aliphatic heterocycles. The van der Waals surface area contributed by atoms with Crippen LogP contribution in [0, 0.1) is 9.49 Å². The van der Waals surface area contributed by atoms with Crippen molar-refractivity contribution in [3.05, 3.63) is 63.2 Å². The normalized spacial score (nSPS) is 12.4. The first-order chi connectivity index (χ1) is 10.0. The maximum absolute atomic E-state index is 10.2. The number of aliphatic hydroxyl groups is 1. The Hall–Kier alpha value is -1.07. The van der Waals surface area contributed by atoms with E-state index in [1.165, 1.54) is 9.13 Å². The van der Waals surface area contributed by atoms with E-state index in [-0.39, 0.29) is 0 Å². The van der Waals surface area contributed by atoms with E-state index in [4.69, 9.17) is 0 Å². The van der Waals surface area contributed by atoms with E-state index in [0.717, 1.165) is 17.7 Å². The van der Waals surface area contributed by atoms with Gasteiger partial charge in [0.25, 0.3) is 0 Å². The van der Waals surface area contributed by atoms with Crippen LogP contribution in [0.2, 0.25) is 0 Å². The van der Waals surface area contributed by atoms with Crippen LogP contribution in [0.5, 0.6) is 0 Å². The van der Waals surface area contributed by atoms with Crippen LogP contribution in [0.15, 0.2) is 48.5 Å². The van der Waals surface area contributed by atoms with Crippen molar-refractivity contribution < 1.29 is 5.11 Å². The molecule has 0 aromatic heterocycles. The quantitative estimate of drug-likeness (QED) is 0.699. The van der Waals surface area contributed by atoms with Gasteiger partial charge < -0.3 is 10.4 Å². The smallest absolute Gasteiger partial charge is 0.0962 e. The summed E-state index contributed by atoms with van der Waals surface area (Å²) in [6.45, 7) is 4.95. The second-order valence-corrected chi connectivity index (χ2v) is 6.99. The molecule has 0 radical (unpaired) electrons. The van der Waals surface area contributed by atoms with E-state index in [9.17, 15) is 5.11 Å². The van der Waals surface area contributed by atoms with E-state index in [0.29, 0.717) is 12.5 Å². The maximum atomic E-state index is 10.2. The van der Waals surface area contributed by atoms with Crippen LogP contribution in [-0.2, 0) is 6.42 Å². The van der Waals surface area contributed by atoms with Crippen LogP contribution in [-0.4, -0.2) is 11.7 Å². The summed E-state index contributed by atoms with van der Waals surface area (Å²) >= 11 is 2.28. The van der Waals surface area contributed by atoms with Gasteiger partial charge >= 0.3 is 0 Å². The van der Waals surface area contributed by atoms with Gasteiger partial charge in [0.2, 0.25) is 0 Å². The summed E-state index contributed by atoms with van der Waals surface area (Å²) in [4.78, 5) is 0. The van der Waals surface area contributed by atoms with E-state index in [1.54, 1.807) is 0 Å². The van der Waals surface area contributed by atoms with Gasteiger partial charge in [0.05, 0.1) is 6.10 Å². The monoisotopic (exact) mass is 395 g/mol. The van der Waals surface area contributed by atoms with Crippen LogP contribution < -0.4 is 5.32 Å². The number of benzene rings is 2. The zero-order chi connectivity index (χ0) is 15.2. The second kappa shape index (κ2) is 7.80. The predicted octanol–water partition coefficient (Wildman–Crippen LogP) is 4.64. The molecular weight excluding hydrogens is 373 g/mol. The lowest BCUT2D eigenvalue weighted by molar-refractivity contribution is 0.191. The van der Waals surface area contributed by atoms with Crippen molar-refractivity contribution in [1.82, 2.24) is 0 Å². The molecule has 21 heavy (non-hydrogen) atoms. The molecule has 2 aromatic carbocycles. The van der Waals surface area contributed by atoms with Gasteiger partial charge in [0.1, 0.15) is 0 Å². The third-order valence-electron chi connectivity index (χ3n) is 3.35. The minimum atomic E-state index is -0.489. The maximum Gasteiger partial charge on any atom is 0.0962 e. The molecule has 0 fully saturated rings. The number of nitrogens with one attached hydrogen (secondary N) is 1. The van der Waals surface area contributed by atoms with Crippen molar-refractivity contribution in [3.8, 4) is 0 Å². The van der Waals surface area contributed by atoms with Crippen molar-refractivity contribution >= 4 is 28.3 Å². The van der Waals surface area contributed by atoms with E-state index >= 15 is 0 Å². The number of hydrogen-bond donors (Lipinski definition) is 2. The standard InChI is InChI=1S/C18H22INO/c1-13(2)11-14-3-5-15(6-4-14)18(21)12-20-17-9-7-16(19)8-10-17/h3-10,13,18,20-21H,11-12H2,1-2H3. The van der Waals surface area contributed by atoms with Gasteiger partial charge in [-0.05, 0) is 70.3 Å². The predicted molar refractivity (Wildman–Crippen MR) is 97.6 cm³/mol. The van der Waals surface area contributed by atoms with Crippen molar-refractivity contribution in [2.45, 2.75) is 26.4 Å². The third kappa shape index (κ3) is 5.32. The Kier molecular flexibility index (Phi) is 6.06. The van der Waals surface area contributed by atoms with Crippen LogP contribution in [0.25, 0.3) is 0 Å². The minimum absolute atomic E-state index is 0.489. The molecule has 0 amide bonds. The van der Waals surface area contributed by atoms with Crippen molar-refractivity contribution in [1.29, 1.82) is 0 Å². The summed E-state index contributed by atoms with van der Waals surface area (Å²) in [7, 11) is 0. The molecule has 0 saturated carbocycles. The summed E-state index contributed by atoms with van der Waals surface area (Å²) < 4.78 is 1.21. The number of rotatable bonds is 6. The molecule has 2 N–H and O–H groups in total. The van der Waals surface area contributed by atoms with Crippen LogP contribution in [0.4, 0.5) is 5.69 Å². The van der Waals surface area contributed by atoms with Gasteiger partial charge in [-0.1, -0.05) is 38.1 Å². The summed E-state index contributed by atoms with van der Waals surface area (Å²) in [5.41, 5.74) is 3.32. The molecule has 0 aliphatic carbocycles. The van der Waals surface area contributed by atoms with Gasteiger partial charge in [-0.3, -0.25) is 0 Å². The van der Waals surface area contributed by atoms with Crippen LogP contribution in [0.3, 0.4) is 0 Å². The Morgan fingerprint density at radius 1 is 1.00 bits per heavy atom. The molecular formula is C18H22INO. The largest absolute Gasteiger partial charge is 0.387 e. The SMILES string of the molecule is CC(C)Cc1ccc(C(O)CNc2ccc(I)cc2)cc1. The summed E-state index contributed by atoms with van der Waals surface area (Å²) in [5.74, 6) is 0.656. The summed E-state index contributed by atoms with van der Waals surface area (Å²) in [6.07, 6.45) is 0.592. The van der Waals surface area contributed by atoms with E-state index in [1.807, 2.05) is 24.3 Å². The van der Waals surface area contributed by atoms with E-state index < -0.39 is 6.10 Å². The topological polar surface area (TPSA) is 32.3 Å². The summed E-state index contributed by atoms with van der Waals surface area (Å²) in [6, 6.07) is 16.4. The van der Waals surface area contributed by atoms with Gasteiger partial charge in [-0.15, -0.1) is 0 Å². The molecule has 1 unspecified atom stereocenters. The highest BCUT2D eigenvalue weighted by Crippen LogP contribution is 2.17. The first kappa shape index (κ1) is 16.3. The zero-order valence-corrected chi connectivity index (χ0v) is 14.7. The van der Waals surface area contributed by atoms with Gasteiger partial charge in [0, 0.05) is 15.8 Å². The molecule has 3 heteroatoms. The fraction of sp³-hybridized carbons (Fsp3) is 0.333. The Morgan fingerprint density at radius 2 is 1.62 bits per heavy atom. The minimum Gasteiger partial charge on any atom is -0.387 e. The average molecular weight is 395 g/mol. The van der Waals surface area contributed by atoms with Crippen molar-refractivity contribution in [3.63, 3.8) is 0 Å². The highest BCUT2D eigenvalue weighted by atomic mass is 127. The number of halogens is 1. The lowest BCUT2D eigenvalue weighted by atomic mass is 10.0. The molecule has 1 atom stereocenters. The Morgan fingerprint density at radius 3 is 2.19 bits per heavy atom. The number of aliphatic hydroxyl groups excluding tert-OH is 1. The second-order valence-electron chi connectivity index (χ2n) is 5.74. The van der Waals surface area contributed by atoms with Crippen molar-refractivity contribution in [2.75, 3.05) is 11.9 Å². The highest BCUT2D eigenvalue weighted by Gasteiger charge is 2.07. The fourth-order valence-electron chi connectivity index (χ4n) is 2.25. The third-order valence-corrected chi connectivity index (χ3v) is 4.07. The van der Waals surface area contributed by atoms with Crippen LogP contribution in [0.1, 0.15) is 31.1 Å². The first-order valence-electron chi connectivity index (χ1n) is 7.31. The number of hydrogen-bond acceptors (Lipinski definition) is 2. The lowest BCUT2D eigenvalue weighted by Crippen LogP contribution is -2.12. The molecule has 0 bridgehead atoms. The Bertz CT molecular complexity index is 548. The number of anilines is 1. The Balaban J connectivity index is 1.90. The fourth-order valence-corrected chi connectivity index (χ4v) is 2.61. The van der Waals surface area contributed by atoms with E-state index in [2.05, 4.69) is 66.0 Å².